The first-order valence-electron chi connectivity index (χ1n) is 5.55. The topological polar surface area (TPSA) is 90.6 Å². The van der Waals surface area contributed by atoms with E-state index in [0.29, 0.717) is 0 Å². The van der Waals surface area contributed by atoms with E-state index >= 15 is 0 Å². The summed E-state index contributed by atoms with van der Waals surface area (Å²) >= 11 is 0. The van der Waals surface area contributed by atoms with Crippen LogP contribution >= 0.6 is 0 Å². The maximum Gasteiger partial charge on any atom is 0.242 e. The molecule has 19 heavy (non-hydrogen) atoms. The highest BCUT2D eigenvalue weighted by atomic mass is 32.2. The molecular formula is C12H16N2O4S. The zero-order valence-corrected chi connectivity index (χ0v) is 11.6. The van der Waals surface area contributed by atoms with Crippen molar-refractivity contribution in [3.63, 3.8) is 0 Å². The Morgan fingerprint density at radius 2 is 2.21 bits per heavy atom. The fraction of sp³-hybridized carbons (Fsp3) is 0.417. The number of methoxy groups -OCH3 is 1. The van der Waals surface area contributed by atoms with Gasteiger partial charge in [-0.1, -0.05) is 6.07 Å². The Morgan fingerprint density at radius 1 is 1.53 bits per heavy atom. The van der Waals surface area contributed by atoms with Gasteiger partial charge in [0.1, 0.15) is 0 Å². The van der Waals surface area contributed by atoms with Gasteiger partial charge in [0.2, 0.25) is 10.0 Å². The molecule has 0 aliphatic heterocycles. The largest absolute Gasteiger partial charge is 0.389 e. The van der Waals surface area contributed by atoms with Gasteiger partial charge in [-0.2, -0.15) is 9.57 Å². The molecule has 0 aliphatic rings. The van der Waals surface area contributed by atoms with E-state index in [0.717, 1.165) is 4.31 Å². The van der Waals surface area contributed by atoms with Crippen molar-refractivity contribution in [3.05, 3.63) is 29.8 Å². The van der Waals surface area contributed by atoms with Crippen LogP contribution in [0.25, 0.3) is 0 Å². The average molecular weight is 284 g/mol. The predicted molar refractivity (Wildman–Crippen MR) is 68.9 cm³/mol. The molecule has 0 bridgehead atoms. The molecule has 0 saturated heterocycles. The van der Waals surface area contributed by atoms with Crippen LogP contribution in [0.4, 0.5) is 0 Å². The molecule has 1 rings (SSSR count). The van der Waals surface area contributed by atoms with Crippen LogP contribution in [0.5, 0.6) is 0 Å². The van der Waals surface area contributed by atoms with Crippen LogP contribution in [0.1, 0.15) is 5.56 Å². The zero-order valence-electron chi connectivity index (χ0n) is 10.8. The lowest BCUT2D eigenvalue weighted by Gasteiger charge is -2.20. The minimum Gasteiger partial charge on any atom is -0.389 e. The Labute approximate surface area is 112 Å². The van der Waals surface area contributed by atoms with E-state index in [1.807, 2.05) is 6.07 Å². The number of nitrogens with zero attached hydrogens (tertiary/aromatic N) is 2. The molecule has 0 heterocycles. The Bertz CT molecular complexity index is 565. The van der Waals surface area contributed by atoms with E-state index in [1.165, 1.54) is 38.4 Å². The molecule has 7 heteroatoms. The Balaban J connectivity index is 2.94. The molecule has 6 nitrogen and oxygen atoms in total. The molecular weight excluding hydrogens is 268 g/mol. The first kappa shape index (κ1) is 15.6. The molecule has 1 N–H and O–H groups in total. The van der Waals surface area contributed by atoms with Gasteiger partial charge in [0.05, 0.1) is 29.2 Å². The minimum atomic E-state index is -3.72. The van der Waals surface area contributed by atoms with Crippen molar-refractivity contribution in [2.24, 2.45) is 0 Å². The molecule has 0 fully saturated rings. The van der Waals surface area contributed by atoms with Gasteiger partial charge in [-0.15, -0.1) is 0 Å². The summed E-state index contributed by atoms with van der Waals surface area (Å²) in [5.74, 6) is 0. The lowest BCUT2D eigenvalue weighted by atomic mass is 10.2. The molecule has 104 valence electrons. The fourth-order valence-electron chi connectivity index (χ4n) is 1.55. The van der Waals surface area contributed by atoms with Crippen molar-refractivity contribution in [2.75, 3.05) is 27.3 Å². The third-order valence-electron chi connectivity index (χ3n) is 2.50. The maximum absolute atomic E-state index is 12.2. The van der Waals surface area contributed by atoms with Crippen molar-refractivity contribution < 1.29 is 18.3 Å². The number of nitriles is 1. The summed E-state index contributed by atoms with van der Waals surface area (Å²) in [4.78, 5) is 0.0265. The summed E-state index contributed by atoms with van der Waals surface area (Å²) in [5, 5.41) is 18.3. The Morgan fingerprint density at radius 3 is 2.79 bits per heavy atom. The van der Waals surface area contributed by atoms with Crippen molar-refractivity contribution in [2.45, 2.75) is 11.0 Å². The lowest BCUT2D eigenvalue weighted by molar-refractivity contribution is 0.0554. The predicted octanol–water partition coefficient (Wildman–Crippen LogP) is 0.186. The van der Waals surface area contributed by atoms with E-state index in [-0.39, 0.29) is 23.6 Å². The second-order valence-electron chi connectivity index (χ2n) is 4.03. The standard InChI is InChI=1S/C12H16N2O4S/c1-14(8-11(15)9-18-2)19(16,17)12-5-3-4-10(6-12)7-13/h3-6,11,15H,8-9H2,1-2H3. The number of benzene rings is 1. The summed E-state index contributed by atoms with van der Waals surface area (Å²) in [6, 6.07) is 7.63. The number of aliphatic hydroxyl groups excluding tert-OH is 1. The summed E-state index contributed by atoms with van der Waals surface area (Å²) in [6.45, 7) is -0.0228. The smallest absolute Gasteiger partial charge is 0.242 e. The normalized spacial score (nSPS) is 13.2. The number of sulfonamides is 1. The van der Waals surface area contributed by atoms with Gasteiger partial charge < -0.3 is 9.84 Å². The molecule has 0 saturated carbocycles. The number of rotatable bonds is 6. The first-order valence-corrected chi connectivity index (χ1v) is 6.99. The van der Waals surface area contributed by atoms with Gasteiger partial charge in [0, 0.05) is 20.7 Å². The van der Waals surface area contributed by atoms with E-state index in [2.05, 4.69) is 0 Å². The highest BCUT2D eigenvalue weighted by Crippen LogP contribution is 2.15. The minimum absolute atomic E-state index is 0.0265. The second-order valence-corrected chi connectivity index (χ2v) is 6.08. The molecule has 0 aromatic heterocycles. The van der Waals surface area contributed by atoms with Crippen molar-refractivity contribution in [1.29, 1.82) is 5.26 Å². The molecule has 0 radical (unpaired) electrons. The van der Waals surface area contributed by atoms with Crippen LogP contribution in [0.3, 0.4) is 0 Å². The van der Waals surface area contributed by atoms with Crippen LogP contribution < -0.4 is 0 Å². The molecule has 1 aromatic rings. The van der Waals surface area contributed by atoms with Crippen molar-refractivity contribution in [3.8, 4) is 6.07 Å². The number of aliphatic hydroxyl groups is 1. The van der Waals surface area contributed by atoms with Gasteiger partial charge in [0.25, 0.3) is 0 Å². The van der Waals surface area contributed by atoms with Crippen LogP contribution in [0.15, 0.2) is 29.2 Å². The van der Waals surface area contributed by atoms with Gasteiger partial charge in [-0.05, 0) is 18.2 Å². The van der Waals surface area contributed by atoms with E-state index in [9.17, 15) is 13.5 Å². The van der Waals surface area contributed by atoms with Crippen LogP contribution in [-0.4, -0.2) is 51.2 Å². The van der Waals surface area contributed by atoms with Crippen LogP contribution in [-0.2, 0) is 14.8 Å². The van der Waals surface area contributed by atoms with E-state index in [1.54, 1.807) is 0 Å². The SMILES string of the molecule is COCC(O)CN(C)S(=O)(=O)c1cccc(C#N)c1. The Hall–Kier alpha value is -1.46. The highest BCUT2D eigenvalue weighted by Gasteiger charge is 2.23. The second kappa shape index (κ2) is 6.63. The number of hydrogen-bond donors (Lipinski definition) is 1. The van der Waals surface area contributed by atoms with Crippen molar-refractivity contribution >= 4 is 10.0 Å². The van der Waals surface area contributed by atoms with Crippen LogP contribution in [0, 0.1) is 11.3 Å². The van der Waals surface area contributed by atoms with Gasteiger partial charge in [0.15, 0.2) is 0 Å². The fourth-order valence-corrected chi connectivity index (χ4v) is 2.80. The molecule has 0 aliphatic carbocycles. The molecule has 1 atom stereocenters. The van der Waals surface area contributed by atoms with E-state index < -0.39 is 16.1 Å². The summed E-state index contributed by atoms with van der Waals surface area (Å²) in [5.41, 5.74) is 0.270. The molecule has 1 unspecified atom stereocenters. The number of ether oxygens (including phenoxy) is 1. The average Bonchev–Trinajstić information content (AvgIpc) is 2.38. The Kier molecular flexibility index (Phi) is 5.44. The van der Waals surface area contributed by atoms with Crippen LogP contribution in [0.2, 0.25) is 0 Å². The van der Waals surface area contributed by atoms with Gasteiger partial charge >= 0.3 is 0 Å². The zero-order chi connectivity index (χ0) is 14.5. The number of likely N-dealkylation sites (N-methyl/N-ethyl adjacent to an activating group) is 1. The highest BCUT2D eigenvalue weighted by molar-refractivity contribution is 7.89. The van der Waals surface area contributed by atoms with Gasteiger partial charge in [-0.3, -0.25) is 0 Å². The van der Waals surface area contributed by atoms with E-state index in [4.69, 9.17) is 10.00 Å². The summed E-state index contributed by atoms with van der Waals surface area (Å²) in [7, 11) is -0.925. The molecule has 1 aromatic carbocycles. The lowest BCUT2D eigenvalue weighted by Crippen LogP contribution is -2.36. The summed E-state index contributed by atoms with van der Waals surface area (Å²) in [6.07, 6.45) is -0.899. The monoisotopic (exact) mass is 284 g/mol. The third-order valence-corrected chi connectivity index (χ3v) is 4.32. The third kappa shape index (κ3) is 4.01. The molecule has 0 spiro atoms. The van der Waals surface area contributed by atoms with Crippen molar-refractivity contribution in [1.82, 2.24) is 4.31 Å². The summed E-state index contributed by atoms with van der Waals surface area (Å²) < 4.78 is 30.2. The van der Waals surface area contributed by atoms with Gasteiger partial charge in [-0.25, -0.2) is 8.42 Å². The molecule has 0 amide bonds. The maximum atomic E-state index is 12.2. The quantitative estimate of drug-likeness (QED) is 0.805. The first-order chi connectivity index (χ1) is 8.91. The number of hydrogen-bond acceptors (Lipinski definition) is 5.